The predicted molar refractivity (Wildman–Crippen MR) is 81.9 cm³/mol. The van der Waals surface area contributed by atoms with E-state index in [9.17, 15) is 5.11 Å². The highest BCUT2D eigenvalue weighted by Crippen LogP contribution is 2.44. The fraction of sp³-hybridized carbons (Fsp3) is 0.800. The minimum absolute atomic E-state index is 0.161. The van der Waals surface area contributed by atoms with E-state index in [0.29, 0.717) is 5.92 Å². The summed E-state index contributed by atoms with van der Waals surface area (Å²) in [5.41, 5.74) is 1.27. The van der Waals surface area contributed by atoms with Crippen LogP contribution in [0.15, 0.2) is 0 Å². The number of thiazole rings is 1. The van der Waals surface area contributed by atoms with Gasteiger partial charge < -0.3 is 10.0 Å². The molecule has 0 saturated heterocycles. The molecule has 0 aromatic carbocycles. The molecule has 0 bridgehead atoms. The van der Waals surface area contributed by atoms with E-state index in [4.69, 9.17) is 4.98 Å². The summed E-state index contributed by atoms with van der Waals surface area (Å²) in [5, 5.41) is 11.3. The number of hydrogen-bond donors (Lipinski definition) is 1. The zero-order chi connectivity index (χ0) is 14.2. The van der Waals surface area contributed by atoms with Crippen LogP contribution in [0.2, 0.25) is 0 Å². The van der Waals surface area contributed by atoms with Crippen molar-refractivity contribution in [2.75, 3.05) is 18.5 Å². The number of fused-ring (bicyclic) bond motifs is 1. The standard InChI is InChI=1S/C15H26N2OS/c1-10(2)6-7-17(5)14-16-11-8-15(3,4)9-12(18)13(11)19-14/h10,12,18H,6-9H2,1-5H3. The maximum Gasteiger partial charge on any atom is 0.185 e. The minimum atomic E-state index is -0.330. The van der Waals surface area contributed by atoms with Gasteiger partial charge in [-0.1, -0.05) is 39.0 Å². The summed E-state index contributed by atoms with van der Waals surface area (Å²) in [4.78, 5) is 8.07. The maximum absolute atomic E-state index is 10.3. The zero-order valence-corrected chi connectivity index (χ0v) is 13.5. The highest BCUT2D eigenvalue weighted by molar-refractivity contribution is 7.15. The molecule has 0 saturated carbocycles. The first-order valence-corrected chi connectivity index (χ1v) is 7.99. The fourth-order valence-electron chi connectivity index (χ4n) is 2.59. The summed E-state index contributed by atoms with van der Waals surface area (Å²) in [6, 6.07) is 0. The second-order valence-electron chi connectivity index (χ2n) is 6.97. The van der Waals surface area contributed by atoms with Crippen molar-refractivity contribution in [2.45, 2.75) is 53.1 Å². The van der Waals surface area contributed by atoms with Crippen molar-refractivity contribution in [3.8, 4) is 0 Å². The molecule has 1 aromatic heterocycles. The van der Waals surface area contributed by atoms with Gasteiger partial charge in [-0.15, -0.1) is 0 Å². The van der Waals surface area contributed by atoms with E-state index in [1.807, 2.05) is 0 Å². The number of anilines is 1. The number of aromatic nitrogens is 1. The van der Waals surface area contributed by atoms with Crippen LogP contribution in [0.3, 0.4) is 0 Å². The molecule has 1 N–H and O–H groups in total. The van der Waals surface area contributed by atoms with Gasteiger partial charge in [0.1, 0.15) is 0 Å². The molecule has 0 amide bonds. The van der Waals surface area contributed by atoms with Crippen LogP contribution in [0.25, 0.3) is 0 Å². The summed E-state index contributed by atoms with van der Waals surface area (Å²) in [6.45, 7) is 9.94. The first-order chi connectivity index (χ1) is 8.78. The van der Waals surface area contributed by atoms with Gasteiger partial charge in [-0.3, -0.25) is 0 Å². The van der Waals surface area contributed by atoms with E-state index in [1.165, 1.54) is 6.42 Å². The average Bonchev–Trinajstić information content (AvgIpc) is 2.68. The van der Waals surface area contributed by atoms with Crippen molar-refractivity contribution in [2.24, 2.45) is 11.3 Å². The van der Waals surface area contributed by atoms with Gasteiger partial charge in [0.05, 0.1) is 16.7 Å². The Kier molecular flexibility index (Phi) is 4.21. The molecule has 1 unspecified atom stereocenters. The van der Waals surface area contributed by atoms with Crippen molar-refractivity contribution in [1.29, 1.82) is 0 Å². The quantitative estimate of drug-likeness (QED) is 0.916. The molecule has 108 valence electrons. The molecule has 0 spiro atoms. The van der Waals surface area contributed by atoms with Gasteiger partial charge in [-0.2, -0.15) is 0 Å². The number of nitrogens with zero attached hydrogens (tertiary/aromatic N) is 2. The Morgan fingerprint density at radius 2 is 2.16 bits per heavy atom. The Morgan fingerprint density at radius 1 is 1.47 bits per heavy atom. The Bertz CT molecular complexity index is 439. The molecule has 1 heterocycles. The monoisotopic (exact) mass is 282 g/mol. The van der Waals surface area contributed by atoms with Gasteiger partial charge in [0.2, 0.25) is 0 Å². The third-order valence-electron chi connectivity index (χ3n) is 3.78. The van der Waals surface area contributed by atoms with Gasteiger partial charge in [0, 0.05) is 13.6 Å². The lowest BCUT2D eigenvalue weighted by molar-refractivity contribution is 0.102. The van der Waals surface area contributed by atoms with E-state index < -0.39 is 0 Å². The first-order valence-electron chi connectivity index (χ1n) is 7.17. The van der Waals surface area contributed by atoms with E-state index in [2.05, 4.69) is 39.6 Å². The van der Waals surface area contributed by atoms with Crippen molar-refractivity contribution in [3.63, 3.8) is 0 Å². The predicted octanol–water partition coefficient (Wildman–Crippen LogP) is 3.63. The summed E-state index contributed by atoms with van der Waals surface area (Å²) in [7, 11) is 2.10. The molecule has 0 radical (unpaired) electrons. The third kappa shape index (κ3) is 3.48. The third-order valence-corrected chi connectivity index (χ3v) is 5.09. The molecule has 19 heavy (non-hydrogen) atoms. The van der Waals surface area contributed by atoms with E-state index in [1.54, 1.807) is 11.3 Å². The van der Waals surface area contributed by atoms with Gasteiger partial charge >= 0.3 is 0 Å². The van der Waals surface area contributed by atoms with Gasteiger partial charge in [0.15, 0.2) is 5.13 Å². The van der Waals surface area contributed by atoms with Crippen LogP contribution in [0.1, 0.15) is 57.2 Å². The SMILES string of the molecule is CC(C)CCN(C)c1nc2c(s1)C(O)CC(C)(C)C2. The second-order valence-corrected chi connectivity index (χ2v) is 7.98. The number of rotatable bonds is 4. The molecule has 3 nitrogen and oxygen atoms in total. The molecule has 1 atom stereocenters. The normalized spacial score (nSPS) is 21.5. The molecule has 0 aliphatic heterocycles. The molecule has 1 aliphatic carbocycles. The highest BCUT2D eigenvalue weighted by atomic mass is 32.1. The average molecular weight is 282 g/mol. The minimum Gasteiger partial charge on any atom is -0.387 e. The summed E-state index contributed by atoms with van der Waals surface area (Å²) in [6.07, 6.45) is 2.67. The van der Waals surface area contributed by atoms with Crippen LogP contribution < -0.4 is 4.90 Å². The Labute approximate surface area is 120 Å². The van der Waals surface area contributed by atoms with Crippen molar-refractivity contribution >= 4 is 16.5 Å². The zero-order valence-electron chi connectivity index (χ0n) is 12.7. The fourth-order valence-corrected chi connectivity index (χ4v) is 3.64. The van der Waals surface area contributed by atoms with Crippen molar-refractivity contribution < 1.29 is 5.11 Å². The molecular weight excluding hydrogens is 256 g/mol. The lowest BCUT2D eigenvalue weighted by Gasteiger charge is -2.31. The molecule has 2 rings (SSSR count). The second kappa shape index (κ2) is 5.41. The Balaban J connectivity index is 2.14. The van der Waals surface area contributed by atoms with Crippen LogP contribution >= 0.6 is 11.3 Å². The Morgan fingerprint density at radius 3 is 2.79 bits per heavy atom. The first kappa shape index (κ1) is 14.8. The molecule has 0 fully saturated rings. The van der Waals surface area contributed by atoms with E-state index >= 15 is 0 Å². The number of aliphatic hydroxyl groups is 1. The molecular formula is C15H26N2OS. The summed E-state index contributed by atoms with van der Waals surface area (Å²) < 4.78 is 0. The van der Waals surface area contributed by atoms with Crippen LogP contribution in [-0.4, -0.2) is 23.7 Å². The number of hydrogen-bond acceptors (Lipinski definition) is 4. The van der Waals surface area contributed by atoms with Gasteiger partial charge in [0.25, 0.3) is 0 Å². The van der Waals surface area contributed by atoms with Crippen LogP contribution in [0.5, 0.6) is 0 Å². The topological polar surface area (TPSA) is 36.4 Å². The highest BCUT2D eigenvalue weighted by Gasteiger charge is 2.34. The summed E-state index contributed by atoms with van der Waals surface area (Å²) >= 11 is 1.67. The lowest BCUT2D eigenvalue weighted by Crippen LogP contribution is -2.24. The molecule has 4 heteroatoms. The molecule has 1 aromatic rings. The van der Waals surface area contributed by atoms with Gasteiger partial charge in [-0.05, 0) is 30.6 Å². The van der Waals surface area contributed by atoms with E-state index in [-0.39, 0.29) is 11.5 Å². The summed E-state index contributed by atoms with van der Waals surface area (Å²) in [5.74, 6) is 0.710. The van der Waals surface area contributed by atoms with Crippen molar-refractivity contribution in [1.82, 2.24) is 4.98 Å². The Hall–Kier alpha value is -0.610. The smallest absolute Gasteiger partial charge is 0.185 e. The largest absolute Gasteiger partial charge is 0.387 e. The van der Waals surface area contributed by atoms with Crippen LogP contribution in [0, 0.1) is 11.3 Å². The van der Waals surface area contributed by atoms with Crippen LogP contribution in [-0.2, 0) is 6.42 Å². The number of aliphatic hydroxyl groups excluding tert-OH is 1. The van der Waals surface area contributed by atoms with Crippen molar-refractivity contribution in [3.05, 3.63) is 10.6 Å². The van der Waals surface area contributed by atoms with Crippen LogP contribution in [0.4, 0.5) is 5.13 Å². The lowest BCUT2D eigenvalue weighted by atomic mass is 9.77. The van der Waals surface area contributed by atoms with Gasteiger partial charge in [-0.25, -0.2) is 4.98 Å². The molecule has 1 aliphatic rings. The van der Waals surface area contributed by atoms with E-state index in [0.717, 1.165) is 35.1 Å². The maximum atomic E-state index is 10.3.